The van der Waals surface area contributed by atoms with Crippen LogP contribution in [0.15, 0.2) is 47.1 Å². The first-order chi connectivity index (χ1) is 13.0. The molecule has 0 aliphatic carbocycles. The van der Waals surface area contributed by atoms with E-state index in [0.29, 0.717) is 11.0 Å². The lowest BCUT2D eigenvalue weighted by Gasteiger charge is -2.14. The molecule has 0 bridgehead atoms. The van der Waals surface area contributed by atoms with Crippen molar-refractivity contribution in [2.45, 2.75) is 44.1 Å². The number of anilines is 1. The van der Waals surface area contributed by atoms with Crippen LogP contribution in [0.2, 0.25) is 0 Å². The number of thiazole rings is 1. The Kier molecular flexibility index (Phi) is 6.63. The highest BCUT2D eigenvalue weighted by molar-refractivity contribution is 8.00. The second-order valence-corrected chi connectivity index (χ2v) is 8.85. The molecule has 1 aromatic carbocycles. The molecule has 27 heavy (non-hydrogen) atoms. The highest BCUT2D eigenvalue weighted by Crippen LogP contribution is 2.25. The van der Waals surface area contributed by atoms with Crippen LogP contribution < -0.4 is 5.32 Å². The van der Waals surface area contributed by atoms with Gasteiger partial charge >= 0.3 is 0 Å². The van der Waals surface area contributed by atoms with Crippen LogP contribution in [-0.4, -0.2) is 30.9 Å². The van der Waals surface area contributed by atoms with Gasteiger partial charge in [0.1, 0.15) is 5.82 Å². The first kappa shape index (κ1) is 19.6. The molecule has 0 saturated carbocycles. The number of rotatable bonds is 8. The lowest BCUT2D eigenvalue weighted by Crippen LogP contribution is -2.23. The molecular weight excluding hydrogens is 378 g/mol. The average molecular weight is 402 g/mol. The topological polar surface area (TPSA) is 72.7 Å². The van der Waals surface area contributed by atoms with Gasteiger partial charge in [-0.2, -0.15) is 0 Å². The van der Waals surface area contributed by atoms with Crippen LogP contribution in [0.25, 0.3) is 0 Å². The lowest BCUT2D eigenvalue weighted by molar-refractivity contribution is -0.115. The molecule has 0 unspecified atom stereocenters. The standard InChI is InChI=1S/C19H23N5OS2/c1-13(2)12-24-16(11-15-7-5-4-6-8-15)22-23-19(24)27-14(3)17(25)21-18-20-9-10-26-18/h4-10,13-14H,11-12H2,1-3H3,(H,20,21,25)/t14-/m1/s1. The molecule has 0 radical (unpaired) electrons. The van der Waals surface area contributed by atoms with Crippen molar-refractivity contribution < 1.29 is 4.79 Å². The molecule has 3 rings (SSSR count). The van der Waals surface area contributed by atoms with Crippen molar-refractivity contribution in [1.82, 2.24) is 19.7 Å². The van der Waals surface area contributed by atoms with Gasteiger partial charge in [-0.05, 0) is 18.4 Å². The van der Waals surface area contributed by atoms with Gasteiger partial charge in [-0.15, -0.1) is 21.5 Å². The molecule has 1 N–H and O–H groups in total. The van der Waals surface area contributed by atoms with Crippen molar-refractivity contribution in [1.29, 1.82) is 0 Å². The largest absolute Gasteiger partial charge is 0.305 e. The lowest BCUT2D eigenvalue weighted by atomic mass is 10.1. The summed E-state index contributed by atoms with van der Waals surface area (Å²) in [5.74, 6) is 1.29. The molecule has 1 amide bonds. The van der Waals surface area contributed by atoms with Gasteiger partial charge < -0.3 is 9.88 Å². The number of benzene rings is 1. The van der Waals surface area contributed by atoms with E-state index in [1.807, 2.05) is 30.5 Å². The summed E-state index contributed by atoms with van der Waals surface area (Å²) in [6, 6.07) is 10.2. The number of nitrogens with one attached hydrogen (secondary N) is 1. The van der Waals surface area contributed by atoms with Gasteiger partial charge in [-0.3, -0.25) is 4.79 Å². The van der Waals surface area contributed by atoms with E-state index in [4.69, 9.17) is 0 Å². The third-order valence-electron chi connectivity index (χ3n) is 3.86. The van der Waals surface area contributed by atoms with Gasteiger partial charge in [0.15, 0.2) is 10.3 Å². The van der Waals surface area contributed by atoms with Crippen LogP contribution in [0, 0.1) is 5.92 Å². The summed E-state index contributed by atoms with van der Waals surface area (Å²) in [7, 11) is 0. The molecule has 2 heterocycles. The summed E-state index contributed by atoms with van der Waals surface area (Å²) in [6.07, 6.45) is 2.40. The maximum Gasteiger partial charge on any atom is 0.239 e. The molecule has 0 saturated heterocycles. The fraction of sp³-hybridized carbons (Fsp3) is 0.368. The number of hydrogen-bond donors (Lipinski definition) is 1. The number of amides is 1. The molecule has 0 fully saturated rings. The zero-order valence-electron chi connectivity index (χ0n) is 15.6. The summed E-state index contributed by atoms with van der Waals surface area (Å²) in [6.45, 7) is 7.02. The molecular formula is C19H23N5OS2. The Morgan fingerprint density at radius 1 is 1.22 bits per heavy atom. The van der Waals surface area contributed by atoms with Gasteiger partial charge in [-0.25, -0.2) is 4.98 Å². The minimum absolute atomic E-state index is 0.0846. The number of hydrogen-bond acceptors (Lipinski definition) is 6. The number of thioether (sulfide) groups is 1. The van der Waals surface area contributed by atoms with Gasteiger partial charge in [0, 0.05) is 24.5 Å². The molecule has 8 heteroatoms. The van der Waals surface area contributed by atoms with E-state index in [0.717, 1.165) is 23.9 Å². The van der Waals surface area contributed by atoms with Crippen LogP contribution >= 0.6 is 23.1 Å². The van der Waals surface area contributed by atoms with Crippen molar-refractivity contribution in [3.05, 3.63) is 53.3 Å². The number of carbonyl (C=O) groups excluding carboxylic acids is 1. The average Bonchev–Trinajstić information content (AvgIpc) is 3.27. The third kappa shape index (κ3) is 5.40. The van der Waals surface area contributed by atoms with E-state index in [9.17, 15) is 4.79 Å². The number of aromatic nitrogens is 4. The second kappa shape index (κ2) is 9.14. The molecule has 1 atom stereocenters. The summed E-state index contributed by atoms with van der Waals surface area (Å²) < 4.78 is 2.13. The van der Waals surface area contributed by atoms with Crippen molar-refractivity contribution in [3.8, 4) is 0 Å². The Bertz CT molecular complexity index is 862. The SMILES string of the molecule is CC(C)Cn1c(Cc2ccccc2)nnc1S[C@H](C)C(=O)Nc1nccs1. The minimum Gasteiger partial charge on any atom is -0.305 e. The monoisotopic (exact) mass is 401 g/mol. The highest BCUT2D eigenvalue weighted by atomic mass is 32.2. The highest BCUT2D eigenvalue weighted by Gasteiger charge is 2.21. The van der Waals surface area contributed by atoms with Crippen LogP contribution in [-0.2, 0) is 17.8 Å². The second-order valence-electron chi connectivity index (χ2n) is 6.65. The Morgan fingerprint density at radius 3 is 2.67 bits per heavy atom. The summed E-state index contributed by atoms with van der Waals surface area (Å²) in [5.41, 5.74) is 1.20. The van der Waals surface area contributed by atoms with Crippen LogP contribution in [0.1, 0.15) is 32.2 Å². The van der Waals surface area contributed by atoms with E-state index in [1.165, 1.54) is 28.7 Å². The molecule has 6 nitrogen and oxygen atoms in total. The Hall–Kier alpha value is -2.19. The van der Waals surface area contributed by atoms with Crippen molar-refractivity contribution in [2.24, 2.45) is 5.92 Å². The zero-order chi connectivity index (χ0) is 19.2. The van der Waals surface area contributed by atoms with Gasteiger partial charge in [0.2, 0.25) is 5.91 Å². The van der Waals surface area contributed by atoms with E-state index >= 15 is 0 Å². The molecule has 0 spiro atoms. The molecule has 0 aliphatic heterocycles. The summed E-state index contributed by atoms with van der Waals surface area (Å²) in [5, 5.41) is 14.5. The minimum atomic E-state index is -0.298. The van der Waals surface area contributed by atoms with Crippen molar-refractivity contribution in [3.63, 3.8) is 0 Å². The fourth-order valence-corrected chi connectivity index (χ4v) is 3.98. The summed E-state index contributed by atoms with van der Waals surface area (Å²) >= 11 is 2.83. The number of nitrogens with zero attached hydrogens (tertiary/aromatic N) is 4. The van der Waals surface area contributed by atoms with Crippen molar-refractivity contribution in [2.75, 3.05) is 5.32 Å². The zero-order valence-corrected chi connectivity index (χ0v) is 17.3. The van der Waals surface area contributed by atoms with E-state index in [2.05, 4.69) is 51.0 Å². The molecule has 142 valence electrons. The maximum absolute atomic E-state index is 12.4. The first-order valence-electron chi connectivity index (χ1n) is 8.86. The van der Waals surface area contributed by atoms with Gasteiger partial charge in [0.05, 0.1) is 5.25 Å². The van der Waals surface area contributed by atoms with Gasteiger partial charge in [-0.1, -0.05) is 55.9 Å². The van der Waals surface area contributed by atoms with E-state index in [-0.39, 0.29) is 11.2 Å². The Morgan fingerprint density at radius 2 is 2.00 bits per heavy atom. The predicted octanol–water partition coefficient (Wildman–Crippen LogP) is 4.10. The van der Waals surface area contributed by atoms with E-state index in [1.54, 1.807) is 6.20 Å². The first-order valence-corrected chi connectivity index (χ1v) is 10.6. The number of carbonyl (C=O) groups is 1. The van der Waals surface area contributed by atoms with Gasteiger partial charge in [0.25, 0.3) is 0 Å². The quantitative estimate of drug-likeness (QED) is 0.575. The third-order valence-corrected chi connectivity index (χ3v) is 5.63. The van der Waals surface area contributed by atoms with Crippen molar-refractivity contribution >= 4 is 34.1 Å². The predicted molar refractivity (Wildman–Crippen MR) is 110 cm³/mol. The fourth-order valence-electron chi connectivity index (χ4n) is 2.57. The van der Waals surface area contributed by atoms with Crippen LogP contribution in [0.4, 0.5) is 5.13 Å². The smallest absolute Gasteiger partial charge is 0.239 e. The molecule has 0 aliphatic rings. The summed E-state index contributed by atoms with van der Waals surface area (Å²) in [4.78, 5) is 16.5. The van der Waals surface area contributed by atoms with Crippen LogP contribution in [0.3, 0.4) is 0 Å². The van der Waals surface area contributed by atoms with Crippen LogP contribution in [0.5, 0.6) is 0 Å². The maximum atomic E-state index is 12.4. The normalized spacial score (nSPS) is 12.3. The van der Waals surface area contributed by atoms with E-state index < -0.39 is 0 Å². The molecule has 3 aromatic rings. The molecule has 2 aromatic heterocycles. The Balaban J connectivity index is 1.74. The Labute approximate surface area is 167 Å².